The van der Waals surface area contributed by atoms with E-state index >= 15 is 0 Å². The van der Waals surface area contributed by atoms with Crippen LogP contribution >= 0.6 is 0 Å². The van der Waals surface area contributed by atoms with E-state index in [1.165, 1.54) is 0 Å². The van der Waals surface area contributed by atoms with Crippen LogP contribution < -0.4 is 16.0 Å². The van der Waals surface area contributed by atoms with Crippen molar-refractivity contribution in [2.24, 2.45) is 5.73 Å². The lowest BCUT2D eigenvalue weighted by Gasteiger charge is -2.35. The Morgan fingerprint density at radius 2 is 2.45 bits per heavy atom. The molecule has 1 aromatic heterocycles. The second kappa shape index (κ2) is 7.21. The van der Waals surface area contributed by atoms with Crippen LogP contribution in [0.4, 0.5) is 5.82 Å². The first-order valence-corrected chi connectivity index (χ1v) is 7.04. The highest BCUT2D eigenvalue weighted by molar-refractivity contribution is 5.85. The summed E-state index contributed by atoms with van der Waals surface area (Å²) in [7, 11) is 0. The van der Waals surface area contributed by atoms with Gasteiger partial charge in [0.25, 0.3) is 0 Å². The normalized spacial score (nSPS) is 18.9. The van der Waals surface area contributed by atoms with Crippen molar-refractivity contribution < 1.29 is 9.53 Å². The maximum Gasteiger partial charge on any atom is 0.245 e. The lowest BCUT2D eigenvalue weighted by molar-refractivity contribution is -0.124. The van der Waals surface area contributed by atoms with Crippen LogP contribution in [0.15, 0.2) is 18.2 Å². The van der Waals surface area contributed by atoms with Crippen LogP contribution in [0.5, 0.6) is 0 Å². The molecular formula is C14H22N4O2. The molecule has 1 aliphatic heterocycles. The molecule has 20 heavy (non-hydrogen) atoms. The second-order valence-corrected chi connectivity index (χ2v) is 4.77. The maximum absolute atomic E-state index is 12.2. The first-order valence-electron chi connectivity index (χ1n) is 7.04. The zero-order valence-electron chi connectivity index (χ0n) is 11.8. The average Bonchev–Trinajstić information content (AvgIpc) is 2.52. The summed E-state index contributed by atoms with van der Waals surface area (Å²) in [6.07, 6.45) is 0.917. The number of ether oxygens (including phenoxy) is 1. The van der Waals surface area contributed by atoms with E-state index in [4.69, 9.17) is 10.5 Å². The van der Waals surface area contributed by atoms with Crippen molar-refractivity contribution in [3.63, 3.8) is 0 Å². The topological polar surface area (TPSA) is 80.5 Å². The molecule has 3 N–H and O–H groups in total. The Morgan fingerprint density at radius 1 is 1.60 bits per heavy atom. The highest BCUT2D eigenvalue weighted by atomic mass is 16.5. The monoisotopic (exact) mass is 278 g/mol. The third-order valence-corrected chi connectivity index (χ3v) is 3.28. The predicted octanol–water partition coefficient (Wildman–Crippen LogP) is 0.272. The minimum absolute atomic E-state index is 0.00787. The van der Waals surface area contributed by atoms with Crippen molar-refractivity contribution in [3.8, 4) is 0 Å². The molecule has 6 heteroatoms. The number of nitrogens with two attached hydrogens (primary N) is 1. The van der Waals surface area contributed by atoms with Crippen LogP contribution in [0.1, 0.15) is 19.0 Å². The van der Waals surface area contributed by atoms with Gasteiger partial charge in [0.05, 0.1) is 18.9 Å². The van der Waals surface area contributed by atoms with E-state index in [0.717, 1.165) is 17.9 Å². The van der Waals surface area contributed by atoms with Gasteiger partial charge in [-0.3, -0.25) is 4.79 Å². The van der Waals surface area contributed by atoms with E-state index in [0.29, 0.717) is 32.8 Å². The van der Waals surface area contributed by atoms with Crippen molar-refractivity contribution >= 4 is 11.7 Å². The first-order chi connectivity index (χ1) is 9.76. The zero-order valence-corrected chi connectivity index (χ0v) is 11.8. The van der Waals surface area contributed by atoms with Crippen LogP contribution in [-0.4, -0.2) is 43.2 Å². The largest absolute Gasteiger partial charge is 0.377 e. The number of pyridine rings is 1. The molecule has 0 saturated carbocycles. The molecule has 0 bridgehead atoms. The molecule has 110 valence electrons. The van der Waals surface area contributed by atoms with E-state index < -0.39 is 0 Å². The predicted molar refractivity (Wildman–Crippen MR) is 77.4 cm³/mol. The van der Waals surface area contributed by atoms with Gasteiger partial charge >= 0.3 is 0 Å². The molecule has 1 saturated heterocycles. The summed E-state index contributed by atoms with van der Waals surface area (Å²) < 4.78 is 5.44. The molecule has 1 amide bonds. The summed E-state index contributed by atoms with van der Waals surface area (Å²) in [5.74, 6) is 0.777. The number of nitrogens with one attached hydrogen (secondary N) is 1. The van der Waals surface area contributed by atoms with Crippen LogP contribution in [0.2, 0.25) is 0 Å². The summed E-state index contributed by atoms with van der Waals surface area (Å²) in [4.78, 5) is 18.7. The van der Waals surface area contributed by atoms with Gasteiger partial charge < -0.3 is 20.7 Å². The minimum atomic E-state index is -0.323. The summed E-state index contributed by atoms with van der Waals surface area (Å²) in [6.45, 7) is 4.76. The second-order valence-electron chi connectivity index (χ2n) is 4.77. The Kier molecular flexibility index (Phi) is 5.31. The highest BCUT2D eigenvalue weighted by Gasteiger charge is 2.30. The third kappa shape index (κ3) is 3.46. The summed E-state index contributed by atoms with van der Waals surface area (Å²) >= 11 is 0. The van der Waals surface area contributed by atoms with E-state index in [9.17, 15) is 4.79 Å². The summed E-state index contributed by atoms with van der Waals surface area (Å²) in [5, 5.41) is 2.92. The number of nitrogens with zero attached hydrogens (tertiary/aromatic N) is 2. The van der Waals surface area contributed by atoms with Crippen LogP contribution in [0.3, 0.4) is 0 Å². The number of carbonyl (C=O) groups excluding carboxylic acids is 1. The minimum Gasteiger partial charge on any atom is -0.377 e. The van der Waals surface area contributed by atoms with Gasteiger partial charge in [-0.15, -0.1) is 0 Å². The fourth-order valence-corrected chi connectivity index (χ4v) is 2.20. The lowest BCUT2D eigenvalue weighted by Crippen LogP contribution is -2.54. The molecule has 0 radical (unpaired) electrons. The SMILES string of the molecule is CCCNC(=O)C1COCCN1c1cccc(CN)n1. The van der Waals surface area contributed by atoms with E-state index in [1.54, 1.807) is 0 Å². The number of aromatic nitrogens is 1. The molecular weight excluding hydrogens is 256 g/mol. The molecule has 1 aromatic rings. The van der Waals surface area contributed by atoms with Crippen LogP contribution in [-0.2, 0) is 16.1 Å². The number of morpholine rings is 1. The average molecular weight is 278 g/mol. The fraction of sp³-hybridized carbons (Fsp3) is 0.571. The van der Waals surface area contributed by atoms with E-state index in [1.807, 2.05) is 30.0 Å². The molecule has 1 unspecified atom stereocenters. The van der Waals surface area contributed by atoms with Gasteiger partial charge in [0.1, 0.15) is 11.9 Å². The van der Waals surface area contributed by atoms with Gasteiger partial charge in [-0.05, 0) is 18.6 Å². The molecule has 0 aliphatic carbocycles. The standard InChI is InChI=1S/C14H22N4O2/c1-2-6-16-14(19)12-10-20-8-7-18(12)13-5-3-4-11(9-15)17-13/h3-5,12H,2,6-10,15H2,1H3,(H,16,19). The van der Waals surface area contributed by atoms with Gasteiger partial charge in [-0.1, -0.05) is 13.0 Å². The molecule has 2 heterocycles. The quantitative estimate of drug-likeness (QED) is 0.808. The number of carbonyl (C=O) groups is 1. The number of rotatable bonds is 5. The number of hydrogen-bond acceptors (Lipinski definition) is 5. The van der Waals surface area contributed by atoms with E-state index in [-0.39, 0.29) is 11.9 Å². The molecule has 2 rings (SSSR count). The van der Waals surface area contributed by atoms with Gasteiger partial charge in [-0.2, -0.15) is 0 Å². The molecule has 6 nitrogen and oxygen atoms in total. The molecule has 0 aromatic carbocycles. The van der Waals surface area contributed by atoms with E-state index in [2.05, 4.69) is 10.3 Å². The Morgan fingerprint density at radius 3 is 3.20 bits per heavy atom. The maximum atomic E-state index is 12.2. The Balaban J connectivity index is 2.15. The first kappa shape index (κ1) is 14.7. The third-order valence-electron chi connectivity index (χ3n) is 3.28. The van der Waals surface area contributed by atoms with Crippen molar-refractivity contribution in [1.82, 2.24) is 10.3 Å². The van der Waals surface area contributed by atoms with Crippen molar-refractivity contribution in [1.29, 1.82) is 0 Å². The molecule has 1 aliphatic rings. The van der Waals surface area contributed by atoms with Crippen LogP contribution in [0.25, 0.3) is 0 Å². The van der Waals surface area contributed by atoms with Gasteiger partial charge in [0.2, 0.25) is 5.91 Å². The fourth-order valence-electron chi connectivity index (χ4n) is 2.20. The Hall–Kier alpha value is -1.66. The van der Waals surface area contributed by atoms with Gasteiger partial charge in [0, 0.05) is 19.6 Å². The summed E-state index contributed by atoms with van der Waals surface area (Å²) in [5.41, 5.74) is 6.44. The van der Waals surface area contributed by atoms with Crippen molar-refractivity contribution in [2.75, 3.05) is 31.2 Å². The van der Waals surface area contributed by atoms with Crippen LogP contribution in [0, 0.1) is 0 Å². The highest BCUT2D eigenvalue weighted by Crippen LogP contribution is 2.18. The summed E-state index contributed by atoms with van der Waals surface area (Å²) in [6, 6.07) is 5.39. The zero-order chi connectivity index (χ0) is 14.4. The number of amides is 1. The Labute approximate surface area is 119 Å². The lowest BCUT2D eigenvalue weighted by atomic mass is 10.2. The molecule has 1 atom stereocenters. The Bertz CT molecular complexity index is 453. The van der Waals surface area contributed by atoms with Gasteiger partial charge in [-0.25, -0.2) is 4.98 Å². The number of anilines is 1. The smallest absolute Gasteiger partial charge is 0.245 e. The number of hydrogen-bond donors (Lipinski definition) is 2. The molecule has 1 fully saturated rings. The van der Waals surface area contributed by atoms with Gasteiger partial charge in [0.15, 0.2) is 0 Å². The van der Waals surface area contributed by atoms with Crippen molar-refractivity contribution in [2.45, 2.75) is 25.9 Å². The molecule has 0 spiro atoms. The van der Waals surface area contributed by atoms with Crippen molar-refractivity contribution in [3.05, 3.63) is 23.9 Å².